The summed E-state index contributed by atoms with van der Waals surface area (Å²) < 4.78 is 79.5. The maximum atomic E-state index is 15.3. The summed E-state index contributed by atoms with van der Waals surface area (Å²) in [6.45, 7) is 17.2. The lowest BCUT2D eigenvalue weighted by Crippen LogP contribution is -2.81. The van der Waals surface area contributed by atoms with Crippen molar-refractivity contribution in [2.45, 2.75) is 199 Å². The normalized spacial score (nSPS) is 35.9. The Bertz CT molecular complexity index is 5100. The molecule has 2 aliphatic carbocycles. The molecule has 4 aromatic carbocycles. The molecule has 4 saturated heterocycles. The average molecular weight is 1720 g/mol. The lowest BCUT2D eigenvalue weighted by Gasteiger charge is -2.63. The minimum Gasteiger partial charge on any atom is -0.496 e. The molecule has 4 bridgehead atoms. The van der Waals surface area contributed by atoms with Gasteiger partial charge in [-0.3, -0.25) is 47.9 Å². The van der Waals surface area contributed by atoms with Crippen LogP contribution in [0.15, 0.2) is 97.1 Å². The highest BCUT2D eigenvalue weighted by atomic mass is 32.3. The number of para-hydroxylation sites is 2. The number of nitrogens with one attached hydrogen (secondary N) is 2. The first kappa shape index (κ1) is 87.5. The molecule has 0 unspecified atom stereocenters. The first-order chi connectivity index (χ1) is 58.4. The number of H-pyrrole nitrogens is 2. The number of likely N-dealkylation sites (N-methyl/N-ethyl adjacent to an activating group) is 2. The fraction of sp³-hybridized carbons (Fsp3) is 0.587. The van der Waals surface area contributed by atoms with Crippen molar-refractivity contribution < 1.29 is 105 Å². The molecule has 12 heterocycles. The number of rotatable bonds is 14. The molecule has 12 aliphatic rings. The molecule has 10 aliphatic heterocycles. The van der Waals surface area contributed by atoms with Crippen molar-refractivity contribution in [1.29, 1.82) is 0 Å². The van der Waals surface area contributed by atoms with Gasteiger partial charge in [0.15, 0.2) is 12.2 Å². The Morgan fingerprint density at radius 2 is 0.854 bits per heavy atom. The van der Waals surface area contributed by atoms with Gasteiger partial charge < -0.3 is 78.1 Å². The fourth-order valence-corrected chi connectivity index (χ4v) is 27.0. The van der Waals surface area contributed by atoms with Crippen LogP contribution >= 0.6 is 0 Å². The fourth-order valence-electron chi connectivity index (χ4n) is 27.0. The van der Waals surface area contributed by atoms with Gasteiger partial charge >= 0.3 is 46.2 Å². The molecular weight excluding hydrogens is 1600 g/mol. The summed E-state index contributed by atoms with van der Waals surface area (Å²) >= 11 is 0. The van der Waals surface area contributed by atoms with Crippen LogP contribution in [0, 0.1) is 22.7 Å². The largest absolute Gasteiger partial charge is 0.496 e. The van der Waals surface area contributed by atoms with Crippen molar-refractivity contribution in [3.05, 3.63) is 142 Å². The van der Waals surface area contributed by atoms with E-state index in [1.165, 1.54) is 42.3 Å². The van der Waals surface area contributed by atoms with Gasteiger partial charge in [-0.1, -0.05) is 88.4 Å². The summed E-state index contributed by atoms with van der Waals surface area (Å²) in [5.41, 5.74) is -3.25. The molecule has 30 nitrogen and oxygen atoms in total. The van der Waals surface area contributed by atoms with Crippen molar-refractivity contribution in [3.8, 4) is 11.5 Å². The zero-order chi connectivity index (χ0) is 88.2. The number of carbonyl (C=O) groups is 6. The minimum atomic E-state index is -4.67. The lowest BCUT2D eigenvalue weighted by atomic mass is 9.47. The zero-order valence-corrected chi connectivity index (χ0v) is 73.5. The number of fused-ring (bicyclic) bond motifs is 12. The van der Waals surface area contributed by atoms with Crippen LogP contribution in [0.25, 0.3) is 21.8 Å². The van der Waals surface area contributed by atoms with Gasteiger partial charge in [-0.05, 0) is 148 Å². The van der Waals surface area contributed by atoms with Gasteiger partial charge in [0.2, 0.25) is 11.2 Å². The number of methoxy groups -OCH3 is 6. The third kappa shape index (κ3) is 12.7. The standard InChI is InChI=1S/2C46H58N4O9.H2O4S/c2*1-8-42(54)23-28-24-45(40(52)57-6,36-30(15-19-49(25-28)26-42)29-13-10-11-14-33(29)47-36)32-21-31-34(22-35(32)56-5)48(4)38-44(31)17-20-50-18-12-16-43(9-2,37(44)50)39(59-27(3)51)46(38,55)41(53)58-7;1-5(2,3)4/h2*10-14,16,21-22,28,37-39,47,54-55H,8-9,15,17-20,23-26H2,1-7H3;(H2,1,2,3,4)/t2*28-,37-,38+,39+,42-,43+,44+,45-,46-;/m00./s1. The van der Waals surface area contributed by atoms with Crippen LogP contribution in [0.2, 0.25) is 0 Å². The van der Waals surface area contributed by atoms with Crippen molar-refractivity contribution in [3.63, 3.8) is 0 Å². The SMILES string of the molecule is CC[C@]1(O)C[C@@H]2C[N@@](CCc3c([nH]c4ccccc34)[C@@](C(=O)OC)(c3cc4c(cc3OC)N(C)[C@H]3[C@@](O)(C(=O)OC)[C@H](OC(C)=O)[C@]5(CC)C=CCN6CC[C@]43[C@@H]65)C2)C1.CC[C@]1(O)C[C@@H]2C[N@@](CCc3c([nH]c4ccccc34)[C@@](C(=O)OC)(c3cc4c(cc3OC)N(C)[C@H]3[C@@](O)(C(=O)OC)[C@H](OC(C)=O)[C@]5(CC)C=CCN6CC[C@]43[C@@H]65)C2)C1.O=S(=O)(O)O. The van der Waals surface area contributed by atoms with Crippen LogP contribution in [0.5, 0.6) is 11.5 Å². The molecule has 20 atom stereocenters. The number of anilines is 2. The van der Waals surface area contributed by atoms with Gasteiger partial charge in [-0.25, -0.2) is 9.59 Å². The Balaban J connectivity index is 0.000000173. The maximum absolute atomic E-state index is 15.3. The minimum absolute atomic E-state index is 0.0986. The average Bonchev–Trinajstić information content (AvgIpc) is 1.49. The van der Waals surface area contributed by atoms with E-state index in [1.807, 2.05) is 100 Å². The Morgan fingerprint density at radius 1 is 0.488 bits per heavy atom. The van der Waals surface area contributed by atoms with E-state index in [4.69, 9.17) is 55.4 Å². The molecule has 2 aromatic heterocycles. The molecule has 8 N–H and O–H groups in total. The maximum Gasteiger partial charge on any atom is 0.394 e. The number of hydrogen-bond donors (Lipinski definition) is 8. The second kappa shape index (κ2) is 31.2. The number of benzene rings is 4. The first-order valence-corrected chi connectivity index (χ1v) is 44.5. The van der Waals surface area contributed by atoms with Crippen LogP contribution in [0.4, 0.5) is 11.4 Å². The van der Waals surface area contributed by atoms with Gasteiger partial charge in [-0.15, -0.1) is 0 Å². The third-order valence-electron chi connectivity index (χ3n) is 31.2. The second-order valence-electron chi connectivity index (χ2n) is 36.9. The van der Waals surface area contributed by atoms with Crippen molar-refractivity contribution in [2.75, 3.05) is 132 Å². The van der Waals surface area contributed by atoms with Crippen LogP contribution in [0.1, 0.15) is 151 Å². The number of piperidine rings is 2. The lowest BCUT2D eigenvalue weighted by molar-refractivity contribution is -0.229. The van der Waals surface area contributed by atoms with Gasteiger partial charge in [-0.2, -0.15) is 8.42 Å². The van der Waals surface area contributed by atoms with Crippen LogP contribution in [-0.4, -0.2) is 284 Å². The monoisotopic (exact) mass is 1720 g/mol. The topological polar surface area (TPSA) is 383 Å². The zero-order valence-electron chi connectivity index (χ0n) is 72.7. The molecule has 0 radical (unpaired) electrons. The van der Waals surface area contributed by atoms with E-state index in [-0.39, 0.29) is 23.9 Å². The summed E-state index contributed by atoms with van der Waals surface area (Å²) in [5.74, 6) is -3.13. The molecule has 0 amide bonds. The number of aliphatic hydroxyl groups is 4. The van der Waals surface area contributed by atoms with E-state index < -0.39 is 125 Å². The van der Waals surface area contributed by atoms with Crippen LogP contribution in [-0.2, 0) is 102 Å². The van der Waals surface area contributed by atoms with Crippen LogP contribution < -0.4 is 19.3 Å². The number of nitrogens with zero attached hydrogens (tertiary/aromatic N) is 6. The van der Waals surface area contributed by atoms with E-state index in [9.17, 15) is 39.6 Å². The number of aromatic nitrogens is 2. The molecular formula is C92H118N8O22S. The Hall–Kier alpha value is -8.99. The summed E-state index contributed by atoms with van der Waals surface area (Å²) in [6.07, 6.45) is 11.9. The Morgan fingerprint density at radius 3 is 1.19 bits per heavy atom. The predicted molar refractivity (Wildman–Crippen MR) is 455 cm³/mol. The second-order valence-corrected chi connectivity index (χ2v) is 37.8. The van der Waals surface area contributed by atoms with Crippen molar-refractivity contribution in [1.82, 2.24) is 29.6 Å². The molecule has 664 valence electrons. The Labute approximate surface area is 717 Å². The van der Waals surface area contributed by atoms with Crippen LogP contribution in [0.3, 0.4) is 0 Å². The van der Waals surface area contributed by atoms with Gasteiger partial charge in [0.25, 0.3) is 0 Å². The predicted octanol–water partition coefficient (Wildman–Crippen LogP) is 7.33. The summed E-state index contributed by atoms with van der Waals surface area (Å²) in [7, 11) is 7.64. The molecule has 123 heavy (non-hydrogen) atoms. The number of aromatic amines is 2. The van der Waals surface area contributed by atoms with E-state index in [0.29, 0.717) is 165 Å². The third-order valence-corrected chi connectivity index (χ3v) is 31.2. The molecule has 18 rings (SSSR count). The van der Waals surface area contributed by atoms with Gasteiger partial charge in [0, 0.05) is 182 Å². The molecule has 2 spiro atoms. The molecule has 6 aromatic rings. The number of esters is 6. The van der Waals surface area contributed by atoms with Gasteiger partial charge in [0.1, 0.15) is 22.3 Å². The number of ether oxygens (including phenoxy) is 8. The van der Waals surface area contributed by atoms with Crippen molar-refractivity contribution >= 4 is 79.4 Å². The highest BCUT2D eigenvalue weighted by Crippen LogP contribution is 2.71. The van der Waals surface area contributed by atoms with E-state index in [1.54, 1.807) is 14.2 Å². The van der Waals surface area contributed by atoms with Crippen molar-refractivity contribution in [2.24, 2.45) is 22.7 Å². The first-order valence-electron chi connectivity index (χ1n) is 43.1. The van der Waals surface area contributed by atoms with E-state index in [0.717, 1.165) is 66.8 Å². The van der Waals surface area contributed by atoms with Gasteiger partial charge in [0.05, 0.1) is 65.9 Å². The van der Waals surface area contributed by atoms with E-state index >= 15 is 9.59 Å². The molecule has 2 saturated carbocycles. The molecule has 6 fully saturated rings. The summed E-state index contributed by atoms with van der Waals surface area (Å²) in [4.78, 5) is 106. The highest BCUT2D eigenvalue weighted by Gasteiger charge is 2.83. The smallest absolute Gasteiger partial charge is 0.394 e. The number of carbonyl (C=O) groups excluding carboxylic acids is 6. The highest BCUT2D eigenvalue weighted by molar-refractivity contribution is 7.79. The summed E-state index contributed by atoms with van der Waals surface area (Å²) in [6, 6.07) is 21.9. The summed E-state index contributed by atoms with van der Waals surface area (Å²) in [5, 5.41) is 52.7. The number of hydrogen-bond acceptors (Lipinski definition) is 26. The van der Waals surface area contributed by atoms with E-state index in [2.05, 4.69) is 78.1 Å². The molecule has 31 heteroatoms. The Kier molecular flexibility index (Phi) is 22.2. The quantitative estimate of drug-likeness (QED) is 0.0229.